The molecule has 0 saturated carbocycles. The topological polar surface area (TPSA) is 105 Å². The number of primary amides is 1. The molecule has 1 aromatic carbocycles. The van der Waals surface area contributed by atoms with Gasteiger partial charge < -0.3 is 11.1 Å². The van der Waals surface area contributed by atoms with Gasteiger partial charge >= 0.3 is 0 Å². The number of nitrogens with two attached hydrogens (primary N) is 1. The molecule has 0 unspecified atom stereocenters. The van der Waals surface area contributed by atoms with Gasteiger partial charge in [-0.2, -0.15) is 4.31 Å². The van der Waals surface area contributed by atoms with Gasteiger partial charge in [-0.1, -0.05) is 23.7 Å². The fourth-order valence-electron chi connectivity index (χ4n) is 2.11. The van der Waals surface area contributed by atoms with E-state index in [1.165, 1.54) is 16.6 Å². The molecule has 2 aromatic rings. The molecule has 0 aliphatic heterocycles. The molecular formula is C17H21ClN4O3S. The van der Waals surface area contributed by atoms with E-state index < -0.39 is 15.9 Å². The lowest BCUT2D eigenvalue weighted by atomic mass is 10.2. The lowest BCUT2D eigenvalue weighted by Gasteiger charge is -2.21. The number of halogens is 1. The smallest absolute Gasteiger partial charge is 0.250 e. The van der Waals surface area contributed by atoms with Crippen LogP contribution in [0.25, 0.3) is 0 Å². The Morgan fingerprint density at radius 2 is 1.92 bits per heavy atom. The molecule has 0 spiro atoms. The van der Waals surface area contributed by atoms with Gasteiger partial charge in [-0.25, -0.2) is 13.4 Å². The second kappa shape index (κ2) is 8.03. The lowest BCUT2D eigenvalue weighted by molar-refractivity contribution is 0.1000. The maximum Gasteiger partial charge on any atom is 0.250 e. The molecule has 9 heteroatoms. The maximum absolute atomic E-state index is 12.4. The average Bonchev–Trinajstić information content (AvgIpc) is 2.60. The minimum Gasteiger partial charge on any atom is -0.366 e. The Kier molecular flexibility index (Phi) is 6.22. The summed E-state index contributed by atoms with van der Waals surface area (Å²) in [6, 6.07) is 7.89. The van der Waals surface area contributed by atoms with Crippen LogP contribution >= 0.6 is 11.6 Å². The molecule has 26 heavy (non-hydrogen) atoms. The Morgan fingerprint density at radius 1 is 1.31 bits per heavy atom. The highest BCUT2D eigenvalue weighted by Gasteiger charge is 2.22. The molecule has 3 N–H and O–H groups in total. The summed E-state index contributed by atoms with van der Waals surface area (Å²) in [6.07, 6.45) is 1.34. The van der Waals surface area contributed by atoms with E-state index in [1.54, 1.807) is 31.3 Å². The molecule has 1 aromatic heterocycles. The molecule has 0 saturated heterocycles. The molecule has 1 heterocycles. The number of aromatic nitrogens is 1. The van der Waals surface area contributed by atoms with Crippen LogP contribution < -0.4 is 11.1 Å². The van der Waals surface area contributed by atoms with Gasteiger partial charge in [0.15, 0.2) is 0 Å². The fraction of sp³-hybridized carbons (Fsp3) is 0.294. The van der Waals surface area contributed by atoms with Gasteiger partial charge in [0.2, 0.25) is 15.9 Å². The van der Waals surface area contributed by atoms with Crippen LogP contribution in [0.1, 0.15) is 29.8 Å². The first-order valence-corrected chi connectivity index (χ1v) is 9.71. The molecule has 2 rings (SSSR count). The number of rotatable bonds is 7. The summed E-state index contributed by atoms with van der Waals surface area (Å²) in [7, 11) is -1.95. The Hall–Kier alpha value is -2.16. The summed E-state index contributed by atoms with van der Waals surface area (Å²) in [4.78, 5) is 15.4. The van der Waals surface area contributed by atoms with E-state index in [1.807, 2.05) is 13.8 Å². The van der Waals surface area contributed by atoms with Crippen molar-refractivity contribution < 1.29 is 13.2 Å². The largest absolute Gasteiger partial charge is 0.366 e. The van der Waals surface area contributed by atoms with Gasteiger partial charge in [-0.05, 0) is 37.6 Å². The quantitative estimate of drug-likeness (QED) is 0.747. The first-order valence-electron chi connectivity index (χ1n) is 7.89. The SMILES string of the molecule is CC(C)N(C)S(=O)(=O)c1ccc(CNc2ncc(C(N)=O)cc2Cl)cc1. The van der Waals surface area contributed by atoms with Crippen LogP contribution in [-0.2, 0) is 16.6 Å². The van der Waals surface area contributed by atoms with Crippen molar-refractivity contribution in [2.75, 3.05) is 12.4 Å². The van der Waals surface area contributed by atoms with Crippen molar-refractivity contribution in [3.8, 4) is 0 Å². The molecular weight excluding hydrogens is 376 g/mol. The number of pyridine rings is 1. The van der Waals surface area contributed by atoms with Gasteiger partial charge in [0.05, 0.1) is 15.5 Å². The molecule has 0 aliphatic carbocycles. The number of carbonyl (C=O) groups excluding carboxylic acids is 1. The van der Waals surface area contributed by atoms with Gasteiger partial charge in [-0.3, -0.25) is 4.79 Å². The number of benzene rings is 1. The third kappa shape index (κ3) is 4.51. The number of hydrogen-bond acceptors (Lipinski definition) is 5. The number of anilines is 1. The molecule has 0 atom stereocenters. The van der Waals surface area contributed by atoms with Crippen molar-refractivity contribution in [1.82, 2.24) is 9.29 Å². The third-order valence-corrected chi connectivity index (χ3v) is 6.25. The maximum atomic E-state index is 12.4. The number of sulfonamides is 1. The van der Waals surface area contributed by atoms with E-state index in [0.717, 1.165) is 5.56 Å². The second-order valence-electron chi connectivity index (χ2n) is 6.03. The highest BCUT2D eigenvalue weighted by Crippen LogP contribution is 2.21. The highest BCUT2D eigenvalue weighted by atomic mass is 35.5. The van der Waals surface area contributed by atoms with Crippen LogP contribution in [0.5, 0.6) is 0 Å². The van der Waals surface area contributed by atoms with Gasteiger partial charge in [-0.15, -0.1) is 0 Å². The van der Waals surface area contributed by atoms with E-state index in [9.17, 15) is 13.2 Å². The van der Waals surface area contributed by atoms with Crippen molar-refractivity contribution in [2.45, 2.75) is 31.3 Å². The monoisotopic (exact) mass is 396 g/mol. The Labute approximate surface area is 158 Å². The van der Waals surface area contributed by atoms with Gasteiger partial charge in [0.25, 0.3) is 0 Å². The summed E-state index contributed by atoms with van der Waals surface area (Å²) in [5.74, 6) is -0.193. The molecule has 7 nitrogen and oxygen atoms in total. The predicted molar refractivity (Wildman–Crippen MR) is 102 cm³/mol. The van der Waals surface area contributed by atoms with Gasteiger partial charge in [0.1, 0.15) is 5.82 Å². The summed E-state index contributed by atoms with van der Waals surface area (Å²) in [5.41, 5.74) is 6.26. The van der Waals surface area contributed by atoms with Crippen LogP contribution in [0.3, 0.4) is 0 Å². The van der Waals surface area contributed by atoms with E-state index in [4.69, 9.17) is 17.3 Å². The predicted octanol–water partition coefficient (Wildman–Crippen LogP) is 2.47. The van der Waals surface area contributed by atoms with Crippen molar-refractivity contribution in [2.24, 2.45) is 5.73 Å². The van der Waals surface area contributed by atoms with Crippen LogP contribution in [0.4, 0.5) is 5.82 Å². The Bertz CT molecular complexity index is 899. The number of hydrogen-bond donors (Lipinski definition) is 2. The number of amides is 1. The number of nitrogens with one attached hydrogen (secondary N) is 1. The van der Waals surface area contributed by atoms with E-state index in [2.05, 4.69) is 10.3 Å². The minimum absolute atomic E-state index is 0.127. The average molecular weight is 397 g/mol. The van der Waals surface area contributed by atoms with E-state index >= 15 is 0 Å². The molecule has 0 fully saturated rings. The van der Waals surface area contributed by atoms with Crippen molar-refractivity contribution in [1.29, 1.82) is 0 Å². The third-order valence-electron chi connectivity index (χ3n) is 3.91. The van der Waals surface area contributed by atoms with Crippen LogP contribution in [0.2, 0.25) is 5.02 Å². The van der Waals surface area contributed by atoms with Gasteiger partial charge in [0, 0.05) is 25.8 Å². The normalized spacial score (nSPS) is 11.8. The number of carbonyl (C=O) groups is 1. The minimum atomic E-state index is -3.51. The first-order chi connectivity index (χ1) is 12.1. The zero-order valence-electron chi connectivity index (χ0n) is 14.7. The van der Waals surface area contributed by atoms with Crippen molar-refractivity contribution >= 4 is 33.3 Å². The van der Waals surface area contributed by atoms with E-state index in [0.29, 0.717) is 12.4 Å². The molecule has 140 valence electrons. The molecule has 1 amide bonds. The molecule has 0 aliphatic rings. The highest BCUT2D eigenvalue weighted by molar-refractivity contribution is 7.89. The standard InChI is InChI=1S/C17H21ClN4O3S/c1-11(2)22(3)26(24,25)14-6-4-12(5-7-14)9-20-17-15(18)8-13(10-21-17)16(19)23/h4-8,10-11H,9H2,1-3H3,(H2,19,23)(H,20,21). The first kappa shape index (κ1) is 20.2. The van der Waals surface area contributed by atoms with Crippen molar-refractivity contribution in [3.05, 3.63) is 52.7 Å². The Balaban J connectivity index is 2.10. The molecule has 0 radical (unpaired) electrons. The van der Waals surface area contributed by atoms with Crippen molar-refractivity contribution in [3.63, 3.8) is 0 Å². The lowest BCUT2D eigenvalue weighted by Crippen LogP contribution is -2.33. The van der Waals surface area contributed by atoms with Crippen LogP contribution in [0.15, 0.2) is 41.4 Å². The van der Waals surface area contributed by atoms with Crippen LogP contribution in [0, 0.1) is 0 Å². The fourth-order valence-corrected chi connectivity index (χ4v) is 3.71. The Morgan fingerprint density at radius 3 is 2.42 bits per heavy atom. The number of nitrogens with zero attached hydrogens (tertiary/aromatic N) is 2. The summed E-state index contributed by atoms with van der Waals surface area (Å²) < 4.78 is 26.2. The summed E-state index contributed by atoms with van der Waals surface area (Å²) >= 11 is 6.07. The zero-order valence-corrected chi connectivity index (χ0v) is 16.3. The van der Waals surface area contributed by atoms with Crippen LogP contribution in [-0.4, -0.2) is 36.7 Å². The second-order valence-corrected chi connectivity index (χ2v) is 8.44. The summed E-state index contributed by atoms with van der Waals surface area (Å²) in [5, 5.41) is 3.32. The molecule has 0 bridgehead atoms. The zero-order chi connectivity index (χ0) is 19.5. The summed E-state index contributed by atoms with van der Waals surface area (Å²) in [6.45, 7) is 4.02. The van der Waals surface area contributed by atoms with E-state index in [-0.39, 0.29) is 21.5 Å².